The van der Waals surface area contributed by atoms with Crippen LogP contribution in [0.3, 0.4) is 0 Å². The van der Waals surface area contributed by atoms with Gasteiger partial charge < -0.3 is 0 Å². The fraction of sp³-hybridized carbons (Fsp3) is 0.250. The molecule has 0 saturated heterocycles. The average molecular weight is 363 g/mol. The van der Waals surface area contributed by atoms with Gasteiger partial charge in [-0.2, -0.15) is 0 Å². The Morgan fingerprint density at radius 1 is 1.06 bits per heavy atom. The lowest BCUT2D eigenvalue weighted by molar-refractivity contribution is 0.583. The third-order valence-corrected chi connectivity index (χ3v) is 5.05. The molecule has 1 aromatic carbocycles. The molecule has 5 nitrogen and oxygen atoms in total. The first-order chi connectivity index (χ1) is 7.77. The first-order valence-corrected chi connectivity index (χ1v) is 9.29. The zero-order valence-corrected chi connectivity index (χ0v) is 12.4. The molecule has 0 radical (unpaired) electrons. The Morgan fingerprint density at radius 3 is 1.94 bits per heavy atom. The maximum atomic E-state index is 11.6. The van der Waals surface area contributed by atoms with Crippen LogP contribution in [0, 0.1) is 0 Å². The van der Waals surface area contributed by atoms with Crippen LogP contribution < -0.4 is 4.72 Å². The van der Waals surface area contributed by atoms with Crippen LogP contribution in [-0.2, 0) is 19.1 Å². The minimum Gasteiger partial charge on any atom is -0.210 e. The lowest BCUT2D eigenvalue weighted by Gasteiger charge is -2.05. The van der Waals surface area contributed by atoms with E-state index in [1.807, 2.05) is 0 Å². The van der Waals surface area contributed by atoms with E-state index < -0.39 is 19.1 Å². The van der Waals surface area contributed by atoms with Gasteiger partial charge in [-0.3, -0.25) is 0 Å². The Bertz CT molecular complexity index is 582. The number of hydrogen-bond donors (Lipinski definition) is 1. The van der Waals surface area contributed by atoms with Crippen molar-refractivity contribution in [3.8, 4) is 0 Å². The van der Waals surface area contributed by atoms with Crippen LogP contribution in [0.25, 0.3) is 0 Å². The van der Waals surface area contributed by atoms with Crippen molar-refractivity contribution in [2.24, 2.45) is 0 Å². The maximum Gasteiger partial charge on any atom is 0.261 e. The number of alkyl halides is 1. The third kappa shape index (κ3) is 4.22. The van der Waals surface area contributed by atoms with E-state index in [2.05, 4.69) is 20.7 Å². The van der Waals surface area contributed by atoms with Crippen molar-refractivity contribution in [1.82, 2.24) is 4.72 Å². The van der Waals surface area contributed by atoms with Crippen molar-refractivity contribution in [3.05, 3.63) is 24.3 Å². The number of sulfonamides is 1. The summed E-state index contributed by atoms with van der Waals surface area (Å²) in [5.74, 6) is 0. The quantitative estimate of drug-likeness (QED) is 0.632. The molecule has 1 N–H and O–H groups in total. The van der Waals surface area contributed by atoms with Crippen molar-refractivity contribution < 1.29 is 16.8 Å². The van der Waals surface area contributed by atoms with E-state index in [9.17, 15) is 16.8 Å². The molecule has 0 spiro atoms. The largest absolute Gasteiger partial charge is 0.261 e. The molecule has 0 bridgehead atoms. The van der Waals surface area contributed by atoms with E-state index in [1.54, 1.807) is 0 Å². The zero-order valence-electron chi connectivity index (χ0n) is 8.43. The molecule has 0 heterocycles. The molecule has 0 atom stereocenters. The predicted molar refractivity (Wildman–Crippen MR) is 68.5 cm³/mol. The van der Waals surface area contributed by atoms with Crippen LogP contribution >= 0.6 is 26.6 Å². The van der Waals surface area contributed by atoms with Gasteiger partial charge in [0, 0.05) is 22.6 Å². The van der Waals surface area contributed by atoms with Crippen LogP contribution in [0.4, 0.5) is 0 Å². The molecule has 0 fully saturated rings. The second kappa shape index (κ2) is 5.66. The molecule has 0 aliphatic heterocycles. The lowest BCUT2D eigenvalue weighted by atomic mass is 10.4. The molecule has 1 rings (SSSR count). The Hall–Kier alpha value is -0.150. The summed E-state index contributed by atoms with van der Waals surface area (Å²) in [6, 6.07) is 4.66. The van der Waals surface area contributed by atoms with Gasteiger partial charge in [-0.05, 0) is 24.3 Å². The number of hydrogen-bond acceptors (Lipinski definition) is 4. The van der Waals surface area contributed by atoms with E-state index in [-0.39, 0.29) is 16.3 Å². The first-order valence-electron chi connectivity index (χ1n) is 4.38. The van der Waals surface area contributed by atoms with Crippen molar-refractivity contribution in [2.45, 2.75) is 9.79 Å². The van der Waals surface area contributed by atoms with E-state index in [1.165, 1.54) is 12.1 Å². The van der Waals surface area contributed by atoms with Crippen molar-refractivity contribution >= 4 is 45.7 Å². The minimum atomic E-state index is -3.83. The Balaban J connectivity index is 3.03. The number of rotatable bonds is 5. The SMILES string of the molecule is O=S(=O)(Cl)c1ccc(S(=O)(=O)NCCBr)cc1. The van der Waals surface area contributed by atoms with Crippen LogP contribution in [0.2, 0.25) is 0 Å². The summed E-state index contributed by atoms with van der Waals surface area (Å²) in [6.45, 7) is 0.248. The molecule has 0 aliphatic rings. The first kappa shape index (κ1) is 14.9. The minimum absolute atomic E-state index is 0.0116. The molecule has 0 saturated carbocycles. The summed E-state index contributed by atoms with van der Waals surface area (Å²) in [5, 5.41) is 0.486. The van der Waals surface area contributed by atoms with Crippen molar-refractivity contribution in [2.75, 3.05) is 11.9 Å². The maximum absolute atomic E-state index is 11.6. The number of halogens is 2. The van der Waals surface area contributed by atoms with Crippen LogP contribution in [0.1, 0.15) is 0 Å². The topological polar surface area (TPSA) is 80.3 Å². The predicted octanol–water partition coefficient (Wildman–Crippen LogP) is 1.29. The highest BCUT2D eigenvalue weighted by Crippen LogP contribution is 2.17. The second-order valence-corrected chi connectivity index (χ2v) is 8.12. The van der Waals surface area contributed by atoms with Crippen LogP contribution in [0.5, 0.6) is 0 Å². The summed E-state index contributed by atoms with van der Waals surface area (Å²) in [5.41, 5.74) is 0. The molecule has 9 heteroatoms. The van der Waals surface area contributed by atoms with Crippen LogP contribution in [0.15, 0.2) is 34.1 Å². The highest BCUT2D eigenvalue weighted by Gasteiger charge is 2.15. The average Bonchev–Trinajstić information content (AvgIpc) is 2.25. The van der Waals surface area contributed by atoms with Gasteiger partial charge in [-0.15, -0.1) is 0 Å². The van der Waals surface area contributed by atoms with Crippen molar-refractivity contribution in [3.63, 3.8) is 0 Å². The summed E-state index contributed by atoms with van der Waals surface area (Å²) in [7, 11) is -2.33. The highest BCUT2D eigenvalue weighted by molar-refractivity contribution is 9.09. The van der Waals surface area contributed by atoms with Gasteiger partial charge in [0.2, 0.25) is 10.0 Å². The summed E-state index contributed by atoms with van der Waals surface area (Å²) in [6.07, 6.45) is 0. The fourth-order valence-electron chi connectivity index (χ4n) is 1.04. The van der Waals surface area contributed by atoms with E-state index >= 15 is 0 Å². The molecule has 0 amide bonds. The Kier molecular flexibility index (Phi) is 4.96. The molecular weight excluding hydrogens is 354 g/mol. The second-order valence-electron chi connectivity index (χ2n) is 3.00. The van der Waals surface area contributed by atoms with E-state index in [0.29, 0.717) is 5.33 Å². The van der Waals surface area contributed by atoms with Gasteiger partial charge in [0.15, 0.2) is 0 Å². The Labute approximate surface area is 113 Å². The molecule has 0 unspecified atom stereocenters. The number of benzene rings is 1. The van der Waals surface area contributed by atoms with Gasteiger partial charge in [0.25, 0.3) is 9.05 Å². The third-order valence-electron chi connectivity index (χ3n) is 1.80. The summed E-state index contributed by atoms with van der Waals surface area (Å²) >= 11 is 3.09. The molecular formula is C8H9BrClNO4S2. The monoisotopic (exact) mass is 361 g/mol. The Morgan fingerprint density at radius 2 is 1.53 bits per heavy atom. The highest BCUT2D eigenvalue weighted by atomic mass is 79.9. The molecule has 96 valence electrons. The molecule has 0 aromatic heterocycles. The van der Waals surface area contributed by atoms with Gasteiger partial charge >= 0.3 is 0 Å². The van der Waals surface area contributed by atoms with Crippen molar-refractivity contribution in [1.29, 1.82) is 0 Å². The standard InChI is InChI=1S/C8H9BrClNO4S2/c9-5-6-11-17(14,15)8-3-1-7(2-4-8)16(10,12)13/h1-4,11H,5-6H2. The summed E-state index contributed by atoms with van der Waals surface area (Å²) in [4.78, 5) is -0.152. The van der Waals surface area contributed by atoms with Gasteiger partial charge in [-0.25, -0.2) is 21.6 Å². The van der Waals surface area contributed by atoms with Gasteiger partial charge in [-0.1, -0.05) is 15.9 Å². The smallest absolute Gasteiger partial charge is 0.210 e. The van der Waals surface area contributed by atoms with Crippen LogP contribution in [-0.4, -0.2) is 28.7 Å². The molecule has 0 aliphatic carbocycles. The van der Waals surface area contributed by atoms with Gasteiger partial charge in [0.05, 0.1) is 9.79 Å². The fourth-order valence-corrected chi connectivity index (χ4v) is 3.30. The molecule has 1 aromatic rings. The van der Waals surface area contributed by atoms with Gasteiger partial charge in [0.1, 0.15) is 0 Å². The number of nitrogens with one attached hydrogen (secondary N) is 1. The normalized spacial score (nSPS) is 12.6. The summed E-state index contributed by atoms with van der Waals surface area (Å²) < 4.78 is 47.5. The molecule has 17 heavy (non-hydrogen) atoms. The van der Waals surface area contributed by atoms with E-state index in [0.717, 1.165) is 12.1 Å². The zero-order chi connectivity index (χ0) is 13.1. The van der Waals surface area contributed by atoms with E-state index in [4.69, 9.17) is 10.7 Å². The lowest BCUT2D eigenvalue weighted by Crippen LogP contribution is -2.25.